The number of rotatable bonds is 6. The van der Waals surface area contributed by atoms with Crippen molar-refractivity contribution in [3.05, 3.63) is 65.7 Å². The second-order valence-electron chi connectivity index (χ2n) is 7.57. The normalized spacial score (nSPS) is 16.3. The van der Waals surface area contributed by atoms with E-state index in [1.54, 1.807) is 30.9 Å². The Kier molecular flexibility index (Phi) is 6.87. The minimum atomic E-state index is -3.59. The van der Waals surface area contributed by atoms with Crippen molar-refractivity contribution < 1.29 is 13.2 Å². The van der Waals surface area contributed by atoms with Crippen LogP contribution in [0.5, 0.6) is 0 Å². The minimum absolute atomic E-state index is 0.136. The Labute approximate surface area is 178 Å². The maximum atomic E-state index is 12.8. The van der Waals surface area contributed by atoms with Crippen molar-refractivity contribution in [2.75, 3.05) is 26.2 Å². The van der Waals surface area contributed by atoms with Gasteiger partial charge in [0, 0.05) is 37.8 Å². The van der Waals surface area contributed by atoms with Crippen molar-refractivity contribution in [1.29, 1.82) is 5.26 Å². The molecule has 3 rings (SSSR count). The van der Waals surface area contributed by atoms with E-state index in [2.05, 4.69) is 15.7 Å². The molecule has 7 nitrogen and oxygen atoms in total. The van der Waals surface area contributed by atoms with Gasteiger partial charge in [-0.3, -0.25) is 9.69 Å². The standard InChI is InChI=1S/C22H26N4O3S/c1-17(2)24-30(28,29)20-10-8-19(9-11-20)22(27)26-14-12-25(13-15-26)21(16-23)18-6-4-3-5-7-18/h3-11,17,21,24H,12-15H2,1-2H3. The van der Waals surface area contributed by atoms with Crippen LogP contribution in [0.4, 0.5) is 0 Å². The molecule has 1 unspecified atom stereocenters. The number of nitrogens with zero attached hydrogens (tertiary/aromatic N) is 3. The van der Waals surface area contributed by atoms with E-state index >= 15 is 0 Å². The van der Waals surface area contributed by atoms with Gasteiger partial charge < -0.3 is 4.90 Å². The molecule has 0 radical (unpaired) electrons. The highest BCUT2D eigenvalue weighted by molar-refractivity contribution is 7.89. The van der Waals surface area contributed by atoms with E-state index in [0.29, 0.717) is 31.7 Å². The molecule has 1 N–H and O–H groups in total. The molecule has 1 amide bonds. The Hall–Kier alpha value is -2.73. The molecule has 0 aromatic heterocycles. The SMILES string of the molecule is CC(C)NS(=O)(=O)c1ccc(C(=O)N2CCN(C(C#N)c3ccccc3)CC2)cc1. The molecule has 158 valence electrons. The molecular weight excluding hydrogens is 400 g/mol. The summed E-state index contributed by atoms with van der Waals surface area (Å²) in [5.41, 5.74) is 1.40. The summed E-state index contributed by atoms with van der Waals surface area (Å²) in [5, 5.41) is 9.60. The third-order valence-corrected chi connectivity index (χ3v) is 6.68. The first-order chi connectivity index (χ1) is 14.3. The van der Waals surface area contributed by atoms with Gasteiger partial charge in [-0.15, -0.1) is 0 Å². The van der Waals surface area contributed by atoms with E-state index in [4.69, 9.17) is 0 Å². The summed E-state index contributed by atoms with van der Waals surface area (Å²) >= 11 is 0. The zero-order chi connectivity index (χ0) is 21.7. The average Bonchev–Trinajstić information content (AvgIpc) is 2.74. The number of carbonyl (C=O) groups excluding carboxylic acids is 1. The van der Waals surface area contributed by atoms with Gasteiger partial charge in [0.2, 0.25) is 10.0 Å². The van der Waals surface area contributed by atoms with Crippen LogP contribution < -0.4 is 4.72 Å². The quantitative estimate of drug-likeness (QED) is 0.766. The lowest BCUT2D eigenvalue weighted by Gasteiger charge is -2.37. The van der Waals surface area contributed by atoms with E-state index in [-0.39, 0.29) is 22.9 Å². The molecule has 1 atom stereocenters. The van der Waals surface area contributed by atoms with Crippen molar-refractivity contribution in [3.8, 4) is 6.07 Å². The van der Waals surface area contributed by atoms with Crippen molar-refractivity contribution >= 4 is 15.9 Å². The van der Waals surface area contributed by atoms with Crippen molar-refractivity contribution in [2.45, 2.75) is 30.8 Å². The second kappa shape index (κ2) is 9.39. The smallest absolute Gasteiger partial charge is 0.253 e. The Morgan fingerprint density at radius 3 is 2.13 bits per heavy atom. The molecule has 1 heterocycles. The van der Waals surface area contributed by atoms with Crippen LogP contribution in [0.3, 0.4) is 0 Å². The third-order valence-electron chi connectivity index (χ3n) is 5.01. The summed E-state index contributed by atoms with van der Waals surface area (Å²) in [6.45, 7) is 5.73. The fourth-order valence-corrected chi connectivity index (χ4v) is 4.77. The summed E-state index contributed by atoms with van der Waals surface area (Å²) < 4.78 is 27.0. The minimum Gasteiger partial charge on any atom is -0.336 e. The highest BCUT2D eigenvalue weighted by Gasteiger charge is 2.27. The number of nitriles is 1. The predicted octanol–water partition coefficient (Wildman–Crippen LogP) is 2.40. The second-order valence-corrected chi connectivity index (χ2v) is 9.28. The first kappa shape index (κ1) is 22.0. The predicted molar refractivity (Wildman–Crippen MR) is 114 cm³/mol. The summed E-state index contributed by atoms with van der Waals surface area (Å²) in [6, 6.07) is 17.5. The molecular formula is C22H26N4O3S. The van der Waals surface area contributed by atoms with Crippen LogP contribution in [0.1, 0.15) is 35.8 Å². The molecule has 0 bridgehead atoms. The number of carbonyl (C=O) groups is 1. The van der Waals surface area contributed by atoms with Crippen molar-refractivity contribution in [3.63, 3.8) is 0 Å². The molecule has 0 spiro atoms. The van der Waals surface area contributed by atoms with Crippen LogP contribution in [-0.2, 0) is 10.0 Å². The van der Waals surface area contributed by atoms with E-state index < -0.39 is 10.0 Å². The zero-order valence-electron chi connectivity index (χ0n) is 17.2. The lowest BCUT2D eigenvalue weighted by molar-refractivity contribution is 0.0606. The summed E-state index contributed by atoms with van der Waals surface area (Å²) in [5.74, 6) is -0.136. The molecule has 2 aromatic rings. The topological polar surface area (TPSA) is 93.5 Å². The summed E-state index contributed by atoms with van der Waals surface area (Å²) in [4.78, 5) is 16.8. The van der Waals surface area contributed by atoms with Gasteiger partial charge >= 0.3 is 0 Å². The van der Waals surface area contributed by atoms with E-state index in [1.165, 1.54) is 12.1 Å². The van der Waals surface area contributed by atoms with Crippen molar-refractivity contribution in [2.24, 2.45) is 0 Å². The van der Waals surface area contributed by atoms with Crippen LogP contribution in [0.2, 0.25) is 0 Å². The molecule has 1 fully saturated rings. The number of piperazine rings is 1. The first-order valence-corrected chi connectivity index (χ1v) is 11.4. The van der Waals surface area contributed by atoms with Gasteiger partial charge in [-0.05, 0) is 43.7 Å². The fraction of sp³-hybridized carbons (Fsp3) is 0.364. The largest absolute Gasteiger partial charge is 0.336 e. The Morgan fingerprint density at radius 1 is 1.00 bits per heavy atom. The number of hydrogen-bond acceptors (Lipinski definition) is 5. The van der Waals surface area contributed by atoms with Crippen LogP contribution in [0.15, 0.2) is 59.5 Å². The third kappa shape index (κ3) is 5.05. The molecule has 8 heteroatoms. The highest BCUT2D eigenvalue weighted by atomic mass is 32.2. The molecule has 0 saturated carbocycles. The van der Waals surface area contributed by atoms with E-state index in [0.717, 1.165) is 5.56 Å². The number of benzene rings is 2. The lowest BCUT2D eigenvalue weighted by atomic mass is 10.1. The number of sulfonamides is 1. The van der Waals surface area contributed by atoms with Gasteiger partial charge in [-0.2, -0.15) is 5.26 Å². The van der Waals surface area contributed by atoms with Gasteiger partial charge in [-0.1, -0.05) is 30.3 Å². The summed E-state index contributed by atoms with van der Waals surface area (Å²) in [7, 11) is -3.59. The molecule has 0 aliphatic carbocycles. The van der Waals surface area contributed by atoms with E-state index in [9.17, 15) is 18.5 Å². The number of hydrogen-bond donors (Lipinski definition) is 1. The monoisotopic (exact) mass is 426 g/mol. The lowest BCUT2D eigenvalue weighted by Crippen LogP contribution is -2.49. The van der Waals surface area contributed by atoms with Gasteiger partial charge in [0.05, 0.1) is 11.0 Å². The average molecular weight is 427 g/mol. The zero-order valence-corrected chi connectivity index (χ0v) is 18.0. The number of nitrogens with one attached hydrogen (secondary N) is 1. The summed E-state index contributed by atoms with van der Waals surface area (Å²) in [6.07, 6.45) is 0. The first-order valence-electron chi connectivity index (χ1n) is 9.92. The molecule has 1 aliphatic heterocycles. The van der Waals surface area contributed by atoms with Crippen molar-refractivity contribution in [1.82, 2.24) is 14.5 Å². The highest BCUT2D eigenvalue weighted by Crippen LogP contribution is 2.22. The van der Waals surface area contributed by atoms with Crippen LogP contribution in [0.25, 0.3) is 0 Å². The maximum absolute atomic E-state index is 12.8. The maximum Gasteiger partial charge on any atom is 0.253 e. The van der Waals surface area contributed by atoms with Crippen LogP contribution in [0, 0.1) is 11.3 Å². The number of amides is 1. The Balaban J connectivity index is 1.63. The molecule has 1 aliphatic rings. The molecule has 2 aromatic carbocycles. The van der Waals surface area contributed by atoms with Gasteiger partial charge in [-0.25, -0.2) is 13.1 Å². The van der Waals surface area contributed by atoms with Gasteiger partial charge in [0.15, 0.2) is 0 Å². The fourth-order valence-electron chi connectivity index (χ4n) is 3.52. The molecule has 30 heavy (non-hydrogen) atoms. The molecule has 1 saturated heterocycles. The van der Waals surface area contributed by atoms with E-state index in [1.807, 2.05) is 30.3 Å². The van der Waals surface area contributed by atoms with Gasteiger partial charge in [0.25, 0.3) is 5.91 Å². The van der Waals surface area contributed by atoms with Crippen LogP contribution >= 0.6 is 0 Å². The Bertz CT molecular complexity index is 1010. The van der Waals surface area contributed by atoms with Gasteiger partial charge in [0.1, 0.15) is 6.04 Å². The van der Waals surface area contributed by atoms with Crippen LogP contribution in [-0.4, -0.2) is 56.3 Å². The Morgan fingerprint density at radius 2 is 1.60 bits per heavy atom.